The molecular weight excluding hydrogens is 392 g/mol. The van der Waals surface area contributed by atoms with Crippen molar-refractivity contribution in [1.29, 1.82) is 0 Å². The molecule has 0 fully saturated rings. The predicted octanol–water partition coefficient (Wildman–Crippen LogP) is 1.43. The average molecular weight is 404 g/mol. The first-order chi connectivity index (χ1) is 14.5. The topological polar surface area (TPSA) is 184 Å². The van der Waals surface area contributed by atoms with Gasteiger partial charge in [-0.1, -0.05) is 24.3 Å². The van der Waals surface area contributed by atoms with E-state index in [-0.39, 0.29) is 23.2 Å². The highest BCUT2D eigenvalue weighted by Gasteiger charge is 2.12. The van der Waals surface area contributed by atoms with Gasteiger partial charge >= 0.3 is 0 Å². The number of benzene rings is 2. The lowest BCUT2D eigenvalue weighted by atomic mass is 10.0. The van der Waals surface area contributed by atoms with Gasteiger partial charge in [-0.15, -0.1) is 20.4 Å². The lowest BCUT2D eigenvalue weighted by molar-refractivity contribution is 0.102. The zero-order chi connectivity index (χ0) is 21.1. The Balaban J connectivity index is 1.59. The number of hydrogen-bond donors (Lipinski definition) is 4. The molecule has 4 aromatic rings. The van der Waals surface area contributed by atoms with E-state index in [1.807, 2.05) is 0 Å². The standard InChI is InChI=1S/C18H12N8O4/c27-13(7-15(29)17-19-23-24-20-17)11-3-1-9-5-12(4-2-10(9)6-11)14(28)8-16(30)18-21-25-26-22-18/h1-8,27-28H,(H,19,20,23,24)(H,21,22,25,26)/b13-7-,14-8-. The van der Waals surface area contributed by atoms with E-state index in [1.54, 1.807) is 36.4 Å². The molecule has 0 atom stereocenters. The average Bonchev–Trinajstić information content (AvgIpc) is 3.47. The first-order valence-electron chi connectivity index (χ1n) is 8.43. The van der Waals surface area contributed by atoms with E-state index in [0.29, 0.717) is 11.1 Å². The van der Waals surface area contributed by atoms with E-state index in [4.69, 9.17) is 0 Å². The Labute approximate surface area is 166 Å². The number of nitrogens with one attached hydrogen (secondary N) is 2. The molecule has 0 unspecified atom stereocenters. The fraction of sp³-hybridized carbons (Fsp3) is 0. The van der Waals surface area contributed by atoms with Crippen molar-refractivity contribution in [3.8, 4) is 0 Å². The molecule has 0 bridgehead atoms. The van der Waals surface area contributed by atoms with Gasteiger partial charge in [-0.25, -0.2) is 0 Å². The second-order valence-corrected chi connectivity index (χ2v) is 6.04. The molecule has 4 rings (SSSR count). The SMILES string of the molecule is O=C(/C=C(\O)c1ccc2cc(/C(O)=C/C(=O)c3nn[nH]n3)ccc2c1)c1nn[nH]n1. The first-order valence-corrected chi connectivity index (χ1v) is 8.43. The van der Waals surface area contributed by atoms with Crippen molar-refractivity contribution in [2.24, 2.45) is 0 Å². The quantitative estimate of drug-likeness (QED) is 0.208. The number of H-pyrrole nitrogens is 2. The molecule has 0 saturated heterocycles. The fourth-order valence-electron chi connectivity index (χ4n) is 2.64. The number of aliphatic hydroxyl groups is 2. The molecule has 148 valence electrons. The molecule has 0 saturated carbocycles. The van der Waals surface area contributed by atoms with E-state index >= 15 is 0 Å². The summed E-state index contributed by atoms with van der Waals surface area (Å²) in [5.41, 5.74) is 0.804. The van der Waals surface area contributed by atoms with Gasteiger partial charge in [0, 0.05) is 23.3 Å². The Hall–Kier alpha value is -4.74. The highest BCUT2D eigenvalue weighted by molar-refractivity contribution is 6.06. The van der Waals surface area contributed by atoms with Gasteiger partial charge in [0.15, 0.2) is 0 Å². The maximum absolute atomic E-state index is 11.9. The largest absolute Gasteiger partial charge is 0.507 e. The lowest BCUT2D eigenvalue weighted by Gasteiger charge is -2.06. The van der Waals surface area contributed by atoms with E-state index in [2.05, 4.69) is 41.2 Å². The zero-order valence-electron chi connectivity index (χ0n) is 15.0. The number of aromatic nitrogens is 8. The molecule has 0 aliphatic heterocycles. The molecule has 2 aromatic carbocycles. The smallest absolute Gasteiger partial charge is 0.244 e. The van der Waals surface area contributed by atoms with Gasteiger partial charge in [-0.2, -0.15) is 10.4 Å². The Morgan fingerprint density at radius 3 is 1.53 bits per heavy atom. The Kier molecular flexibility index (Phi) is 4.78. The summed E-state index contributed by atoms with van der Waals surface area (Å²) in [6, 6.07) is 9.94. The van der Waals surface area contributed by atoms with Crippen LogP contribution in [0.25, 0.3) is 22.3 Å². The molecule has 0 radical (unpaired) electrons. The summed E-state index contributed by atoms with van der Waals surface area (Å²) in [6.07, 6.45) is 2.00. The molecule has 12 heteroatoms. The number of aromatic amines is 2. The van der Waals surface area contributed by atoms with Crippen molar-refractivity contribution in [1.82, 2.24) is 41.2 Å². The van der Waals surface area contributed by atoms with Crippen LogP contribution in [0.1, 0.15) is 32.4 Å². The van der Waals surface area contributed by atoms with Crippen molar-refractivity contribution in [2.45, 2.75) is 0 Å². The maximum atomic E-state index is 11.9. The van der Waals surface area contributed by atoms with Crippen molar-refractivity contribution in [3.63, 3.8) is 0 Å². The third-order valence-corrected chi connectivity index (χ3v) is 4.10. The number of nitrogens with zero attached hydrogens (tertiary/aromatic N) is 6. The molecule has 2 aromatic heterocycles. The van der Waals surface area contributed by atoms with Crippen LogP contribution < -0.4 is 0 Å². The number of rotatable bonds is 6. The Morgan fingerprint density at radius 2 is 1.17 bits per heavy atom. The molecule has 2 heterocycles. The van der Waals surface area contributed by atoms with Crippen LogP contribution in [-0.4, -0.2) is 63.0 Å². The van der Waals surface area contributed by atoms with E-state index < -0.39 is 11.6 Å². The molecule has 0 spiro atoms. The lowest BCUT2D eigenvalue weighted by Crippen LogP contribution is -2.00. The zero-order valence-corrected chi connectivity index (χ0v) is 15.0. The van der Waals surface area contributed by atoms with Crippen LogP contribution in [0.4, 0.5) is 0 Å². The summed E-state index contributed by atoms with van der Waals surface area (Å²) in [4.78, 5) is 23.9. The van der Waals surface area contributed by atoms with Crippen molar-refractivity contribution in [3.05, 3.63) is 71.3 Å². The monoisotopic (exact) mass is 404 g/mol. The minimum Gasteiger partial charge on any atom is -0.507 e. The summed E-state index contributed by atoms with van der Waals surface area (Å²) in [5, 5.41) is 47.1. The molecule has 4 N–H and O–H groups in total. The summed E-state index contributed by atoms with van der Waals surface area (Å²) in [5.74, 6) is -2.04. The van der Waals surface area contributed by atoms with Gasteiger partial charge in [-0.3, -0.25) is 9.59 Å². The summed E-state index contributed by atoms with van der Waals surface area (Å²) in [6.45, 7) is 0. The van der Waals surface area contributed by atoms with Gasteiger partial charge < -0.3 is 10.2 Å². The van der Waals surface area contributed by atoms with Crippen molar-refractivity contribution >= 4 is 33.9 Å². The molecule has 12 nitrogen and oxygen atoms in total. The molecule has 30 heavy (non-hydrogen) atoms. The van der Waals surface area contributed by atoms with Gasteiger partial charge in [0.2, 0.25) is 23.2 Å². The number of ketones is 2. The number of carbonyl (C=O) groups is 2. The van der Waals surface area contributed by atoms with Crippen molar-refractivity contribution in [2.75, 3.05) is 0 Å². The van der Waals surface area contributed by atoms with Gasteiger partial charge in [0.1, 0.15) is 11.5 Å². The molecule has 0 amide bonds. The normalized spacial score (nSPS) is 12.3. The second kappa shape index (κ2) is 7.71. The van der Waals surface area contributed by atoms with E-state index in [0.717, 1.165) is 22.9 Å². The molecule has 0 aliphatic carbocycles. The summed E-state index contributed by atoms with van der Waals surface area (Å²) in [7, 11) is 0. The number of fused-ring (bicyclic) bond motifs is 1. The minimum atomic E-state index is -0.599. The van der Waals surface area contributed by atoms with Gasteiger partial charge in [0.25, 0.3) is 0 Å². The number of carbonyl (C=O) groups excluding carboxylic acids is 2. The predicted molar refractivity (Wildman–Crippen MR) is 102 cm³/mol. The van der Waals surface area contributed by atoms with E-state index in [9.17, 15) is 19.8 Å². The minimum absolute atomic E-state index is 0.162. The van der Waals surface area contributed by atoms with Crippen molar-refractivity contribution < 1.29 is 19.8 Å². The van der Waals surface area contributed by atoms with Crippen LogP contribution in [0.15, 0.2) is 48.6 Å². The number of aliphatic hydroxyl groups excluding tert-OH is 2. The Bertz CT molecular complexity index is 1190. The highest BCUT2D eigenvalue weighted by Crippen LogP contribution is 2.24. The van der Waals surface area contributed by atoms with Crippen LogP contribution in [0.2, 0.25) is 0 Å². The summed E-state index contributed by atoms with van der Waals surface area (Å²) >= 11 is 0. The van der Waals surface area contributed by atoms with Gasteiger partial charge in [-0.05, 0) is 33.3 Å². The molecule has 0 aliphatic rings. The number of allylic oxidation sites excluding steroid dienone is 2. The third-order valence-electron chi connectivity index (χ3n) is 4.10. The van der Waals surface area contributed by atoms with E-state index in [1.165, 1.54) is 0 Å². The van der Waals surface area contributed by atoms with Crippen LogP contribution >= 0.6 is 0 Å². The second-order valence-electron chi connectivity index (χ2n) is 6.04. The number of hydrogen-bond acceptors (Lipinski definition) is 10. The van der Waals surface area contributed by atoms with Crippen LogP contribution in [-0.2, 0) is 0 Å². The number of tetrazole rings is 2. The Morgan fingerprint density at radius 1 is 0.733 bits per heavy atom. The molecular formula is C18H12N8O4. The third kappa shape index (κ3) is 3.77. The van der Waals surface area contributed by atoms with Crippen LogP contribution in [0.5, 0.6) is 0 Å². The maximum Gasteiger partial charge on any atom is 0.244 e. The highest BCUT2D eigenvalue weighted by atomic mass is 16.3. The van der Waals surface area contributed by atoms with Gasteiger partial charge in [0.05, 0.1) is 0 Å². The first kappa shape index (κ1) is 18.6. The van der Waals surface area contributed by atoms with Crippen LogP contribution in [0, 0.1) is 0 Å². The van der Waals surface area contributed by atoms with Crippen LogP contribution in [0.3, 0.4) is 0 Å². The fourth-order valence-corrected chi connectivity index (χ4v) is 2.64. The summed E-state index contributed by atoms with van der Waals surface area (Å²) < 4.78 is 0.